The Labute approximate surface area is 155 Å². The van der Waals surface area contributed by atoms with Crippen LogP contribution in [0, 0.1) is 18.3 Å². The van der Waals surface area contributed by atoms with Crippen molar-refractivity contribution in [3.63, 3.8) is 0 Å². The lowest BCUT2D eigenvalue weighted by Gasteiger charge is -2.08. The van der Waals surface area contributed by atoms with Crippen LogP contribution in [0.5, 0.6) is 5.88 Å². The standard InChI is InChI=1S/C21H15N3OS/c1-14-2-8-17(9-3-14)18-12-26-21-19(18)20(23-13-24-21)25-11-16-6-4-15(10-22)5-7-16/h2-9,12-13H,11H2,1H3. The molecule has 2 aromatic carbocycles. The Balaban J connectivity index is 1.67. The SMILES string of the molecule is Cc1ccc(-c2csc3ncnc(OCc4ccc(C#N)cc4)c23)cc1. The van der Waals surface area contributed by atoms with Crippen molar-refractivity contribution in [1.29, 1.82) is 5.26 Å². The second-order valence-corrected chi connectivity index (χ2v) is 6.83. The number of hydrogen-bond acceptors (Lipinski definition) is 5. The van der Waals surface area contributed by atoms with Gasteiger partial charge in [0, 0.05) is 10.9 Å². The van der Waals surface area contributed by atoms with E-state index in [1.54, 1.807) is 23.5 Å². The fraction of sp³-hybridized carbons (Fsp3) is 0.0952. The smallest absolute Gasteiger partial charge is 0.226 e. The Morgan fingerprint density at radius 2 is 1.81 bits per heavy atom. The predicted octanol–water partition coefficient (Wildman–Crippen LogP) is 5.12. The van der Waals surface area contributed by atoms with Crippen LogP contribution in [0.15, 0.2) is 60.2 Å². The minimum absolute atomic E-state index is 0.390. The summed E-state index contributed by atoms with van der Waals surface area (Å²) in [7, 11) is 0. The van der Waals surface area contributed by atoms with Crippen LogP contribution in [0.25, 0.3) is 21.3 Å². The van der Waals surface area contributed by atoms with E-state index in [2.05, 4.69) is 52.6 Å². The highest BCUT2D eigenvalue weighted by atomic mass is 32.1. The topological polar surface area (TPSA) is 58.8 Å². The van der Waals surface area contributed by atoms with Crippen molar-refractivity contribution in [1.82, 2.24) is 9.97 Å². The van der Waals surface area contributed by atoms with Crippen molar-refractivity contribution in [2.24, 2.45) is 0 Å². The summed E-state index contributed by atoms with van der Waals surface area (Å²) in [6.07, 6.45) is 1.53. The van der Waals surface area contributed by atoms with E-state index in [0.717, 1.165) is 26.9 Å². The molecular formula is C21H15N3OS. The Morgan fingerprint density at radius 1 is 1.04 bits per heavy atom. The predicted molar refractivity (Wildman–Crippen MR) is 103 cm³/mol. The van der Waals surface area contributed by atoms with Crippen LogP contribution in [0.1, 0.15) is 16.7 Å². The molecule has 0 atom stereocenters. The van der Waals surface area contributed by atoms with Gasteiger partial charge in [-0.1, -0.05) is 42.0 Å². The minimum atomic E-state index is 0.390. The van der Waals surface area contributed by atoms with Crippen LogP contribution in [-0.4, -0.2) is 9.97 Å². The summed E-state index contributed by atoms with van der Waals surface area (Å²) in [6, 6.07) is 17.9. The van der Waals surface area contributed by atoms with Crippen LogP contribution in [0.3, 0.4) is 0 Å². The molecule has 2 heterocycles. The van der Waals surface area contributed by atoms with Gasteiger partial charge in [0.1, 0.15) is 17.8 Å². The number of aryl methyl sites for hydroxylation is 1. The summed E-state index contributed by atoms with van der Waals surface area (Å²) >= 11 is 1.59. The number of nitriles is 1. The third-order valence-electron chi connectivity index (χ3n) is 4.16. The highest BCUT2D eigenvalue weighted by molar-refractivity contribution is 7.17. The molecule has 0 fully saturated rings. The number of fused-ring (bicyclic) bond motifs is 1. The Kier molecular flexibility index (Phi) is 4.34. The van der Waals surface area contributed by atoms with E-state index in [-0.39, 0.29) is 0 Å². The van der Waals surface area contributed by atoms with Gasteiger partial charge < -0.3 is 4.74 Å². The molecule has 4 rings (SSSR count). The quantitative estimate of drug-likeness (QED) is 0.509. The number of nitrogens with zero attached hydrogens (tertiary/aromatic N) is 3. The van der Waals surface area contributed by atoms with Gasteiger partial charge >= 0.3 is 0 Å². The third-order valence-corrected chi connectivity index (χ3v) is 5.04. The van der Waals surface area contributed by atoms with E-state index in [0.29, 0.717) is 18.1 Å². The molecule has 0 N–H and O–H groups in total. The fourth-order valence-electron chi connectivity index (χ4n) is 2.73. The number of ether oxygens (including phenoxy) is 1. The lowest BCUT2D eigenvalue weighted by molar-refractivity contribution is 0.298. The first-order chi connectivity index (χ1) is 12.7. The minimum Gasteiger partial charge on any atom is -0.472 e. The van der Waals surface area contributed by atoms with Gasteiger partial charge in [0.2, 0.25) is 5.88 Å². The molecule has 5 heteroatoms. The number of benzene rings is 2. The molecule has 0 unspecified atom stereocenters. The average Bonchev–Trinajstić information content (AvgIpc) is 3.12. The normalized spacial score (nSPS) is 10.6. The Morgan fingerprint density at radius 3 is 2.54 bits per heavy atom. The molecule has 0 aliphatic carbocycles. The molecule has 4 nitrogen and oxygen atoms in total. The second kappa shape index (κ2) is 6.95. The van der Waals surface area contributed by atoms with E-state index in [4.69, 9.17) is 10.00 Å². The molecule has 126 valence electrons. The molecule has 0 amide bonds. The van der Waals surface area contributed by atoms with Gasteiger partial charge in [-0.2, -0.15) is 5.26 Å². The first kappa shape index (κ1) is 16.2. The molecule has 0 spiro atoms. The summed E-state index contributed by atoms with van der Waals surface area (Å²) in [5.74, 6) is 0.580. The summed E-state index contributed by atoms with van der Waals surface area (Å²) in [6.45, 7) is 2.46. The highest BCUT2D eigenvalue weighted by Gasteiger charge is 2.14. The highest BCUT2D eigenvalue weighted by Crippen LogP contribution is 2.37. The maximum Gasteiger partial charge on any atom is 0.226 e. The van der Waals surface area contributed by atoms with Crippen LogP contribution in [-0.2, 0) is 6.61 Å². The van der Waals surface area contributed by atoms with Gasteiger partial charge in [0.05, 0.1) is 17.0 Å². The van der Waals surface area contributed by atoms with Gasteiger partial charge in [0.15, 0.2) is 0 Å². The summed E-state index contributed by atoms with van der Waals surface area (Å²) in [4.78, 5) is 9.63. The monoisotopic (exact) mass is 357 g/mol. The Hall–Kier alpha value is -3.23. The molecule has 0 aliphatic heterocycles. The van der Waals surface area contributed by atoms with Gasteiger partial charge in [-0.05, 0) is 30.2 Å². The first-order valence-electron chi connectivity index (χ1n) is 8.15. The number of thiophene rings is 1. The number of aromatic nitrogens is 2. The average molecular weight is 357 g/mol. The lowest BCUT2D eigenvalue weighted by atomic mass is 10.0. The van der Waals surface area contributed by atoms with Crippen molar-refractivity contribution in [2.75, 3.05) is 0 Å². The molecule has 0 radical (unpaired) electrons. The summed E-state index contributed by atoms with van der Waals surface area (Å²) < 4.78 is 6.00. The molecule has 0 saturated heterocycles. The zero-order chi connectivity index (χ0) is 17.9. The second-order valence-electron chi connectivity index (χ2n) is 5.97. The van der Waals surface area contributed by atoms with Crippen LogP contribution in [0.2, 0.25) is 0 Å². The van der Waals surface area contributed by atoms with Crippen molar-refractivity contribution in [3.05, 3.63) is 76.9 Å². The van der Waals surface area contributed by atoms with E-state index in [1.807, 2.05) is 12.1 Å². The van der Waals surface area contributed by atoms with Gasteiger partial charge in [-0.15, -0.1) is 11.3 Å². The van der Waals surface area contributed by atoms with Crippen molar-refractivity contribution < 1.29 is 4.74 Å². The van der Waals surface area contributed by atoms with Crippen LogP contribution in [0.4, 0.5) is 0 Å². The van der Waals surface area contributed by atoms with Gasteiger partial charge in [-0.25, -0.2) is 9.97 Å². The number of hydrogen-bond donors (Lipinski definition) is 0. The van der Waals surface area contributed by atoms with E-state index < -0.39 is 0 Å². The molecule has 0 aliphatic rings. The van der Waals surface area contributed by atoms with Gasteiger partial charge in [-0.3, -0.25) is 0 Å². The van der Waals surface area contributed by atoms with E-state index in [9.17, 15) is 0 Å². The zero-order valence-electron chi connectivity index (χ0n) is 14.1. The van der Waals surface area contributed by atoms with Gasteiger partial charge in [0.25, 0.3) is 0 Å². The van der Waals surface area contributed by atoms with Crippen molar-refractivity contribution >= 4 is 21.6 Å². The molecule has 26 heavy (non-hydrogen) atoms. The zero-order valence-corrected chi connectivity index (χ0v) is 15.0. The van der Waals surface area contributed by atoms with E-state index in [1.165, 1.54) is 11.9 Å². The van der Waals surface area contributed by atoms with Crippen LogP contribution >= 0.6 is 11.3 Å². The number of rotatable bonds is 4. The van der Waals surface area contributed by atoms with E-state index >= 15 is 0 Å². The summed E-state index contributed by atoms with van der Waals surface area (Å²) in [5.41, 5.74) is 5.06. The Bertz CT molecular complexity index is 1090. The van der Waals surface area contributed by atoms with Crippen LogP contribution < -0.4 is 4.74 Å². The fourth-order valence-corrected chi connectivity index (χ4v) is 3.64. The molecule has 2 aromatic heterocycles. The molecule has 0 bridgehead atoms. The lowest BCUT2D eigenvalue weighted by Crippen LogP contribution is -1.98. The third kappa shape index (κ3) is 3.15. The van der Waals surface area contributed by atoms with Crippen molar-refractivity contribution in [2.45, 2.75) is 13.5 Å². The largest absolute Gasteiger partial charge is 0.472 e. The molecule has 4 aromatic rings. The maximum absolute atomic E-state index is 8.89. The van der Waals surface area contributed by atoms with Crippen molar-refractivity contribution in [3.8, 4) is 23.1 Å². The molecular weight excluding hydrogens is 342 g/mol. The maximum atomic E-state index is 8.89. The summed E-state index contributed by atoms with van der Waals surface area (Å²) in [5, 5.41) is 11.9. The first-order valence-corrected chi connectivity index (χ1v) is 9.03. The molecule has 0 saturated carbocycles.